The third-order valence-corrected chi connectivity index (χ3v) is 6.42. The van der Waals surface area contributed by atoms with Gasteiger partial charge in [-0.3, -0.25) is 5.32 Å². The number of hydrogen-bond acceptors (Lipinski definition) is 8. The predicted molar refractivity (Wildman–Crippen MR) is 129 cm³/mol. The maximum Gasteiger partial charge on any atom is 0.412 e. The van der Waals surface area contributed by atoms with Crippen LogP contribution in [0.25, 0.3) is 21.9 Å². The number of alkyl halides is 1. The lowest BCUT2D eigenvalue weighted by Crippen LogP contribution is -2.34. The molecule has 9 nitrogen and oxygen atoms in total. The van der Waals surface area contributed by atoms with Crippen molar-refractivity contribution in [1.82, 2.24) is 14.9 Å². The molecule has 0 saturated carbocycles. The van der Waals surface area contributed by atoms with Crippen LogP contribution in [0.5, 0.6) is 5.88 Å². The van der Waals surface area contributed by atoms with Crippen LogP contribution in [0.1, 0.15) is 12.0 Å². The number of carbonyl (C=O) groups is 1. The van der Waals surface area contributed by atoms with Gasteiger partial charge in [-0.1, -0.05) is 0 Å². The highest BCUT2D eigenvalue weighted by Gasteiger charge is 2.38. The predicted octanol–water partition coefficient (Wildman–Crippen LogP) is 3.72. The highest BCUT2D eigenvalue weighted by atomic mass is 19.1. The average Bonchev–Trinajstić information content (AvgIpc) is 3.19. The number of aromatic nitrogens is 2. The van der Waals surface area contributed by atoms with E-state index in [1.54, 1.807) is 18.3 Å². The van der Waals surface area contributed by atoms with E-state index in [2.05, 4.69) is 20.6 Å². The molecular formula is C24H26F2N6O3. The number of anilines is 3. The van der Waals surface area contributed by atoms with Crippen LogP contribution in [0.15, 0.2) is 24.5 Å². The van der Waals surface area contributed by atoms with Crippen LogP contribution >= 0.6 is 0 Å². The smallest absolute Gasteiger partial charge is 0.412 e. The normalized spacial score (nSPS) is 19.7. The van der Waals surface area contributed by atoms with Gasteiger partial charge < -0.3 is 25.4 Å². The maximum atomic E-state index is 15.3. The maximum absolute atomic E-state index is 15.3. The van der Waals surface area contributed by atoms with E-state index >= 15 is 4.39 Å². The van der Waals surface area contributed by atoms with Gasteiger partial charge in [-0.2, -0.15) is 0 Å². The van der Waals surface area contributed by atoms with Crippen LogP contribution in [-0.2, 0) is 4.74 Å². The molecule has 0 radical (unpaired) electrons. The molecular weight excluding hydrogens is 458 g/mol. The molecule has 184 valence electrons. The Kier molecular flexibility index (Phi) is 5.79. The summed E-state index contributed by atoms with van der Waals surface area (Å²) in [5.41, 5.74) is 6.80. The molecule has 11 heteroatoms. The van der Waals surface area contributed by atoms with Gasteiger partial charge in [0.2, 0.25) is 5.88 Å². The Labute approximate surface area is 200 Å². The van der Waals surface area contributed by atoms with Gasteiger partial charge in [-0.15, -0.1) is 0 Å². The molecule has 0 aliphatic carbocycles. The zero-order chi connectivity index (χ0) is 24.7. The van der Waals surface area contributed by atoms with Crippen LogP contribution in [0.2, 0.25) is 0 Å². The van der Waals surface area contributed by atoms with Crippen molar-refractivity contribution in [3.8, 4) is 17.0 Å². The Morgan fingerprint density at radius 1 is 1.34 bits per heavy atom. The lowest BCUT2D eigenvalue weighted by atomic mass is 9.97. The van der Waals surface area contributed by atoms with E-state index in [-0.39, 0.29) is 30.2 Å². The van der Waals surface area contributed by atoms with E-state index in [1.807, 2.05) is 18.9 Å². The average molecular weight is 485 g/mol. The quantitative estimate of drug-likeness (QED) is 0.480. The Balaban J connectivity index is 1.41. The number of carbonyl (C=O) groups excluding carboxylic acids is 1. The minimum absolute atomic E-state index is 0.0646. The third kappa shape index (κ3) is 4.39. The summed E-state index contributed by atoms with van der Waals surface area (Å²) in [5, 5.41) is 6.70. The highest BCUT2D eigenvalue weighted by Crippen LogP contribution is 2.39. The van der Waals surface area contributed by atoms with Crippen LogP contribution in [-0.4, -0.2) is 66.5 Å². The molecule has 1 saturated heterocycles. The van der Waals surface area contributed by atoms with Crippen molar-refractivity contribution in [2.75, 3.05) is 56.3 Å². The van der Waals surface area contributed by atoms with Crippen molar-refractivity contribution in [3.63, 3.8) is 0 Å². The summed E-state index contributed by atoms with van der Waals surface area (Å²) in [6.07, 6.45) is 2.41. The molecule has 0 bridgehead atoms. The number of pyridine rings is 2. The number of amides is 1. The topological polar surface area (TPSA) is 115 Å². The molecule has 1 fully saturated rings. The van der Waals surface area contributed by atoms with Crippen molar-refractivity contribution in [1.29, 1.82) is 0 Å². The summed E-state index contributed by atoms with van der Waals surface area (Å²) in [6, 6.07) is 3.19. The number of nitrogens with two attached hydrogens (primary N) is 1. The fourth-order valence-corrected chi connectivity index (χ4v) is 4.54. The molecule has 1 aromatic carbocycles. The van der Waals surface area contributed by atoms with Crippen molar-refractivity contribution in [3.05, 3.63) is 35.9 Å². The third-order valence-electron chi connectivity index (χ3n) is 6.42. The van der Waals surface area contributed by atoms with E-state index in [1.165, 1.54) is 6.20 Å². The van der Waals surface area contributed by atoms with Crippen LogP contribution in [0.4, 0.5) is 30.8 Å². The van der Waals surface area contributed by atoms with Crippen molar-refractivity contribution < 1.29 is 23.0 Å². The summed E-state index contributed by atoms with van der Waals surface area (Å²) >= 11 is 0. The van der Waals surface area contributed by atoms with E-state index < -0.39 is 17.6 Å². The largest absolute Gasteiger partial charge is 0.474 e. The van der Waals surface area contributed by atoms with Crippen molar-refractivity contribution in [2.45, 2.75) is 19.0 Å². The van der Waals surface area contributed by atoms with E-state index in [4.69, 9.17) is 15.2 Å². The second-order valence-corrected chi connectivity index (χ2v) is 9.03. The Hall–Kier alpha value is -3.73. The Morgan fingerprint density at radius 3 is 2.94 bits per heavy atom. The summed E-state index contributed by atoms with van der Waals surface area (Å²) in [5.74, 6) is 0.0576. The summed E-state index contributed by atoms with van der Waals surface area (Å²) in [4.78, 5) is 22.5. The first-order chi connectivity index (χ1) is 16.7. The standard InChI is InChI=1S/C24H26F2N6O3/c1-13-16(9-30-22-21(13)28-4-6-34-22)15-7-14-8-18(29-10-17(14)20(27)19(15)25)31-23(33)35-12-24(26)3-5-32(2)11-24/h7-10,28H,3-6,11-12,27H2,1-2H3,(H,29,31,33)/t24-/m0/s1. The van der Waals surface area contributed by atoms with Gasteiger partial charge >= 0.3 is 6.09 Å². The van der Waals surface area contributed by atoms with Crippen molar-refractivity contribution >= 4 is 34.1 Å². The van der Waals surface area contributed by atoms with Gasteiger partial charge in [-0.25, -0.2) is 23.5 Å². The first-order valence-corrected chi connectivity index (χ1v) is 11.3. The first-order valence-electron chi connectivity index (χ1n) is 11.3. The minimum atomic E-state index is -1.57. The van der Waals surface area contributed by atoms with Crippen LogP contribution < -0.4 is 21.1 Å². The van der Waals surface area contributed by atoms with Gasteiger partial charge in [0.25, 0.3) is 0 Å². The molecule has 35 heavy (non-hydrogen) atoms. The van der Waals surface area contributed by atoms with Gasteiger partial charge in [0, 0.05) is 48.5 Å². The van der Waals surface area contributed by atoms with E-state index in [0.29, 0.717) is 54.0 Å². The lowest BCUT2D eigenvalue weighted by molar-refractivity contribution is 0.0620. The number of halogens is 2. The molecule has 2 aliphatic rings. The molecule has 1 atom stereocenters. The number of likely N-dealkylation sites (tertiary alicyclic amines) is 1. The molecule has 0 unspecified atom stereocenters. The van der Waals surface area contributed by atoms with E-state index in [9.17, 15) is 9.18 Å². The fraction of sp³-hybridized carbons (Fsp3) is 0.375. The number of rotatable bonds is 4. The molecule has 4 heterocycles. The second-order valence-electron chi connectivity index (χ2n) is 9.03. The molecule has 0 spiro atoms. The zero-order valence-corrected chi connectivity index (χ0v) is 19.5. The summed E-state index contributed by atoms with van der Waals surface area (Å²) in [7, 11) is 1.81. The fourth-order valence-electron chi connectivity index (χ4n) is 4.54. The van der Waals surface area contributed by atoms with Crippen LogP contribution in [0, 0.1) is 12.7 Å². The molecule has 2 aliphatic heterocycles. The number of fused-ring (bicyclic) bond motifs is 2. The van der Waals surface area contributed by atoms with Gasteiger partial charge in [0.1, 0.15) is 24.7 Å². The number of nitrogens with one attached hydrogen (secondary N) is 2. The Morgan fingerprint density at radius 2 is 2.17 bits per heavy atom. The monoisotopic (exact) mass is 484 g/mol. The Bertz CT molecular complexity index is 1320. The van der Waals surface area contributed by atoms with Crippen molar-refractivity contribution in [2.24, 2.45) is 0 Å². The first kappa shape index (κ1) is 23.0. The number of hydrogen-bond donors (Lipinski definition) is 3. The SMILES string of the molecule is Cc1c(-c2cc3cc(NC(=O)OC[C@]4(F)CCN(C)C4)ncc3c(N)c2F)cnc2c1NCCO2. The van der Waals surface area contributed by atoms with Crippen LogP contribution in [0.3, 0.4) is 0 Å². The number of benzene rings is 1. The second kappa shape index (κ2) is 8.81. The summed E-state index contributed by atoms with van der Waals surface area (Å²) in [6.45, 7) is 3.45. The molecule has 5 rings (SSSR count). The molecule has 1 amide bonds. The highest BCUT2D eigenvalue weighted by molar-refractivity contribution is 5.99. The van der Waals surface area contributed by atoms with Gasteiger partial charge in [-0.05, 0) is 43.5 Å². The molecule has 3 aromatic rings. The molecule has 2 aromatic heterocycles. The van der Waals surface area contributed by atoms with Gasteiger partial charge in [0.05, 0.1) is 5.69 Å². The molecule has 4 N–H and O–H groups in total. The number of nitrogens with zero attached hydrogens (tertiary/aromatic N) is 3. The van der Waals surface area contributed by atoms with Gasteiger partial charge in [0.15, 0.2) is 11.5 Å². The number of nitrogen functional groups attached to an aromatic ring is 1. The lowest BCUT2D eigenvalue weighted by Gasteiger charge is -2.22. The van der Waals surface area contributed by atoms with E-state index in [0.717, 1.165) is 5.56 Å². The minimum Gasteiger partial charge on any atom is -0.474 e. The summed E-state index contributed by atoms with van der Waals surface area (Å²) < 4.78 is 40.6. The zero-order valence-electron chi connectivity index (χ0n) is 19.5. The number of ether oxygens (including phenoxy) is 2.